The first kappa shape index (κ1) is 14.3. The lowest BCUT2D eigenvalue weighted by Crippen LogP contribution is -2.14. The molecule has 5 heteroatoms. The van der Waals surface area contributed by atoms with Crippen LogP contribution in [0.25, 0.3) is 5.69 Å². The van der Waals surface area contributed by atoms with Gasteiger partial charge in [-0.3, -0.25) is 10.1 Å². The van der Waals surface area contributed by atoms with Gasteiger partial charge in [0.15, 0.2) is 0 Å². The van der Waals surface area contributed by atoms with Gasteiger partial charge in [-0.25, -0.2) is 0 Å². The van der Waals surface area contributed by atoms with Crippen molar-refractivity contribution >= 4 is 5.69 Å². The van der Waals surface area contributed by atoms with Gasteiger partial charge in [0.2, 0.25) is 0 Å². The van der Waals surface area contributed by atoms with Gasteiger partial charge < -0.3 is 9.47 Å². The van der Waals surface area contributed by atoms with Crippen LogP contribution in [0.3, 0.4) is 0 Å². The maximum Gasteiger partial charge on any atom is 0.293 e. The molecule has 0 radical (unpaired) electrons. The summed E-state index contributed by atoms with van der Waals surface area (Å²) in [7, 11) is 4.09. The molecule has 0 bridgehead atoms. The highest BCUT2D eigenvalue weighted by molar-refractivity contribution is 5.53. The van der Waals surface area contributed by atoms with Crippen LogP contribution in [-0.4, -0.2) is 35.0 Å². The summed E-state index contributed by atoms with van der Waals surface area (Å²) < 4.78 is 1.91. The zero-order valence-electron chi connectivity index (χ0n) is 11.8. The SMILES string of the molecule is CN(C)CCCc1cccn1-c1ccccc1[N+](=O)[O-]. The van der Waals surface area contributed by atoms with Crippen molar-refractivity contribution in [3.63, 3.8) is 0 Å². The Morgan fingerprint density at radius 3 is 2.65 bits per heavy atom. The topological polar surface area (TPSA) is 51.3 Å². The number of aryl methyl sites for hydroxylation is 1. The first-order valence-corrected chi connectivity index (χ1v) is 6.64. The zero-order valence-corrected chi connectivity index (χ0v) is 11.8. The van der Waals surface area contributed by atoms with Crippen molar-refractivity contribution in [2.45, 2.75) is 12.8 Å². The van der Waals surface area contributed by atoms with Crippen LogP contribution in [0.5, 0.6) is 0 Å². The molecule has 0 aliphatic rings. The fourth-order valence-electron chi connectivity index (χ4n) is 2.25. The molecule has 1 aromatic heterocycles. The summed E-state index contributed by atoms with van der Waals surface area (Å²) in [5, 5.41) is 11.1. The average molecular weight is 273 g/mol. The lowest BCUT2D eigenvalue weighted by Gasteiger charge is -2.12. The smallest absolute Gasteiger partial charge is 0.293 e. The van der Waals surface area contributed by atoms with Crippen LogP contribution in [0.4, 0.5) is 5.69 Å². The Labute approximate surface area is 118 Å². The first-order valence-electron chi connectivity index (χ1n) is 6.64. The summed E-state index contributed by atoms with van der Waals surface area (Å²) >= 11 is 0. The molecule has 0 N–H and O–H groups in total. The van der Waals surface area contributed by atoms with Crippen LogP contribution in [0.15, 0.2) is 42.6 Å². The summed E-state index contributed by atoms with van der Waals surface area (Å²) in [5.74, 6) is 0. The Hall–Kier alpha value is -2.14. The maximum absolute atomic E-state index is 11.1. The van der Waals surface area contributed by atoms with E-state index in [0.29, 0.717) is 5.69 Å². The predicted octanol–water partition coefficient (Wildman–Crippen LogP) is 2.88. The van der Waals surface area contributed by atoms with Gasteiger partial charge in [0.1, 0.15) is 5.69 Å². The van der Waals surface area contributed by atoms with Crippen LogP contribution >= 0.6 is 0 Å². The van der Waals surface area contributed by atoms with Gasteiger partial charge >= 0.3 is 0 Å². The summed E-state index contributed by atoms with van der Waals surface area (Å²) in [6, 6.07) is 10.8. The molecule has 0 atom stereocenters. The van der Waals surface area contributed by atoms with Crippen molar-refractivity contribution in [1.29, 1.82) is 0 Å². The molecule has 106 valence electrons. The lowest BCUT2D eigenvalue weighted by molar-refractivity contribution is -0.384. The van der Waals surface area contributed by atoms with Crippen LogP contribution in [0, 0.1) is 10.1 Å². The third kappa shape index (κ3) is 3.24. The molecule has 0 unspecified atom stereocenters. The van der Waals surface area contributed by atoms with E-state index in [0.717, 1.165) is 25.1 Å². The third-order valence-electron chi connectivity index (χ3n) is 3.21. The number of hydrogen-bond acceptors (Lipinski definition) is 3. The molecule has 0 amide bonds. The quantitative estimate of drug-likeness (QED) is 0.600. The monoisotopic (exact) mass is 273 g/mol. The van der Waals surface area contributed by atoms with Crippen molar-refractivity contribution in [2.75, 3.05) is 20.6 Å². The van der Waals surface area contributed by atoms with E-state index in [4.69, 9.17) is 0 Å². The Morgan fingerprint density at radius 2 is 1.95 bits per heavy atom. The van der Waals surface area contributed by atoms with Gasteiger partial charge in [-0.05, 0) is 51.7 Å². The van der Waals surface area contributed by atoms with E-state index in [1.165, 1.54) is 0 Å². The molecule has 0 fully saturated rings. The number of nitrogens with zero attached hydrogens (tertiary/aromatic N) is 3. The molecular formula is C15H19N3O2. The number of para-hydroxylation sites is 2. The highest BCUT2D eigenvalue weighted by atomic mass is 16.6. The fourth-order valence-corrected chi connectivity index (χ4v) is 2.25. The van der Waals surface area contributed by atoms with Gasteiger partial charge in [0.25, 0.3) is 5.69 Å². The molecule has 0 saturated carbocycles. The van der Waals surface area contributed by atoms with E-state index in [2.05, 4.69) is 4.90 Å². The molecule has 0 saturated heterocycles. The standard InChI is InChI=1S/C15H19N3O2/c1-16(2)11-5-7-13-8-6-12-17(13)14-9-3-4-10-15(14)18(19)20/h3-4,6,8-10,12H,5,7,11H2,1-2H3. The summed E-state index contributed by atoms with van der Waals surface area (Å²) in [4.78, 5) is 12.9. The molecule has 2 rings (SSSR count). The van der Waals surface area contributed by atoms with Gasteiger partial charge in [0, 0.05) is 18.0 Å². The number of hydrogen-bond donors (Lipinski definition) is 0. The molecule has 0 spiro atoms. The van der Waals surface area contributed by atoms with E-state index < -0.39 is 0 Å². The Balaban J connectivity index is 2.26. The van der Waals surface area contributed by atoms with Crippen LogP contribution < -0.4 is 0 Å². The first-order chi connectivity index (χ1) is 9.59. The minimum atomic E-state index is -0.334. The van der Waals surface area contributed by atoms with Gasteiger partial charge in [-0.1, -0.05) is 12.1 Å². The van der Waals surface area contributed by atoms with E-state index in [1.807, 2.05) is 43.1 Å². The molecule has 0 aliphatic carbocycles. The Morgan fingerprint density at radius 1 is 1.20 bits per heavy atom. The molecule has 1 heterocycles. The summed E-state index contributed by atoms with van der Waals surface area (Å²) in [6.07, 6.45) is 3.81. The van der Waals surface area contributed by atoms with Crippen molar-refractivity contribution in [3.05, 3.63) is 58.4 Å². The molecular weight excluding hydrogens is 254 g/mol. The van der Waals surface area contributed by atoms with Crippen LogP contribution in [0.2, 0.25) is 0 Å². The number of nitro groups is 1. The van der Waals surface area contributed by atoms with E-state index >= 15 is 0 Å². The number of aromatic nitrogens is 1. The second-order valence-electron chi connectivity index (χ2n) is 5.02. The zero-order chi connectivity index (χ0) is 14.5. The van der Waals surface area contributed by atoms with E-state index in [1.54, 1.807) is 18.2 Å². The highest BCUT2D eigenvalue weighted by Crippen LogP contribution is 2.24. The maximum atomic E-state index is 11.1. The fraction of sp³-hybridized carbons (Fsp3) is 0.333. The third-order valence-corrected chi connectivity index (χ3v) is 3.21. The Bertz CT molecular complexity index is 590. The van der Waals surface area contributed by atoms with Crippen molar-refractivity contribution in [2.24, 2.45) is 0 Å². The minimum Gasteiger partial charge on any atom is -0.315 e. The number of nitro benzene ring substituents is 1. The van der Waals surface area contributed by atoms with Gasteiger partial charge in [-0.15, -0.1) is 0 Å². The molecule has 5 nitrogen and oxygen atoms in total. The number of rotatable bonds is 6. The van der Waals surface area contributed by atoms with Crippen LogP contribution in [-0.2, 0) is 6.42 Å². The molecule has 20 heavy (non-hydrogen) atoms. The minimum absolute atomic E-state index is 0.137. The van der Waals surface area contributed by atoms with Crippen molar-refractivity contribution in [1.82, 2.24) is 9.47 Å². The molecule has 2 aromatic rings. The summed E-state index contributed by atoms with van der Waals surface area (Å²) in [5.41, 5.74) is 1.86. The number of benzene rings is 1. The Kier molecular flexibility index (Phi) is 4.53. The van der Waals surface area contributed by atoms with Crippen molar-refractivity contribution in [3.8, 4) is 5.69 Å². The summed E-state index contributed by atoms with van der Waals surface area (Å²) in [6.45, 7) is 1.00. The van der Waals surface area contributed by atoms with E-state index in [-0.39, 0.29) is 10.6 Å². The van der Waals surface area contributed by atoms with Gasteiger partial charge in [0.05, 0.1) is 4.92 Å². The second kappa shape index (κ2) is 6.34. The lowest BCUT2D eigenvalue weighted by atomic mass is 10.2. The largest absolute Gasteiger partial charge is 0.315 e. The normalized spacial score (nSPS) is 10.9. The predicted molar refractivity (Wildman–Crippen MR) is 79.3 cm³/mol. The molecule has 1 aromatic carbocycles. The second-order valence-corrected chi connectivity index (χ2v) is 5.02. The average Bonchev–Trinajstić information content (AvgIpc) is 2.86. The highest BCUT2D eigenvalue weighted by Gasteiger charge is 2.15. The molecule has 0 aliphatic heterocycles. The van der Waals surface area contributed by atoms with Gasteiger partial charge in [-0.2, -0.15) is 0 Å². The van der Waals surface area contributed by atoms with Crippen LogP contribution in [0.1, 0.15) is 12.1 Å². The van der Waals surface area contributed by atoms with E-state index in [9.17, 15) is 10.1 Å². The van der Waals surface area contributed by atoms with Crippen molar-refractivity contribution < 1.29 is 4.92 Å².